The number of ether oxygens (including phenoxy) is 2. The molecule has 10 heteroatoms. The third kappa shape index (κ3) is 5.79. The molecule has 1 unspecified atom stereocenters. The Morgan fingerprint density at radius 3 is 2.71 bits per heavy atom. The first-order valence-electron chi connectivity index (χ1n) is 12.2. The van der Waals surface area contributed by atoms with Crippen molar-refractivity contribution in [2.75, 3.05) is 38.6 Å². The molecule has 0 spiro atoms. The van der Waals surface area contributed by atoms with Gasteiger partial charge in [-0.15, -0.1) is 0 Å². The van der Waals surface area contributed by atoms with Crippen molar-refractivity contribution in [1.82, 2.24) is 15.2 Å². The Morgan fingerprint density at radius 2 is 1.97 bits per heavy atom. The number of nitrogen functional groups attached to an aromatic ring is 1. The van der Waals surface area contributed by atoms with Gasteiger partial charge in [0.25, 0.3) is 5.91 Å². The molecule has 2 aromatic carbocycles. The number of pyridine rings is 1. The lowest BCUT2D eigenvalue weighted by Crippen LogP contribution is -2.41. The maximum absolute atomic E-state index is 15.0. The fraction of sp³-hybridized carbons (Fsp3) is 0.250. The van der Waals surface area contributed by atoms with Gasteiger partial charge in [-0.05, 0) is 59.2 Å². The second-order valence-electron chi connectivity index (χ2n) is 9.08. The first-order valence-corrected chi connectivity index (χ1v) is 12.6. The molecule has 2 amide bonds. The Labute approximate surface area is 224 Å². The molecule has 5 rings (SSSR count). The maximum atomic E-state index is 15.0. The molecule has 1 fully saturated rings. The smallest absolute Gasteiger partial charge is 0.256 e. The van der Waals surface area contributed by atoms with Crippen LogP contribution in [0.5, 0.6) is 5.75 Å². The third-order valence-corrected chi connectivity index (χ3v) is 6.70. The molecule has 3 N–H and O–H groups in total. The predicted octanol–water partition coefficient (Wildman–Crippen LogP) is 3.73. The van der Waals surface area contributed by atoms with Crippen LogP contribution in [-0.4, -0.2) is 60.7 Å². The molecular weight excluding hydrogens is 511 g/mol. The quantitative estimate of drug-likeness (QED) is 0.465. The summed E-state index contributed by atoms with van der Waals surface area (Å²) in [6, 6.07) is 11.6. The molecule has 0 bridgehead atoms. The number of nitrogens with one attached hydrogen (secondary N) is 1. The molecule has 196 valence electrons. The van der Waals surface area contributed by atoms with E-state index in [1.165, 1.54) is 18.2 Å². The Morgan fingerprint density at radius 1 is 1.16 bits per heavy atom. The van der Waals surface area contributed by atoms with Gasteiger partial charge in [-0.2, -0.15) is 0 Å². The lowest BCUT2D eigenvalue weighted by atomic mass is 9.99. The molecule has 0 saturated carbocycles. The first-order chi connectivity index (χ1) is 18.4. The summed E-state index contributed by atoms with van der Waals surface area (Å²) in [4.78, 5) is 30.5. The lowest BCUT2D eigenvalue weighted by molar-refractivity contribution is -0.116. The lowest BCUT2D eigenvalue weighted by Gasteiger charge is -2.27. The highest BCUT2D eigenvalue weighted by Crippen LogP contribution is 2.39. The van der Waals surface area contributed by atoms with Crippen molar-refractivity contribution in [1.29, 1.82) is 0 Å². The number of morpholine rings is 1. The van der Waals surface area contributed by atoms with Gasteiger partial charge in [0.2, 0.25) is 5.91 Å². The number of rotatable bonds is 6. The predicted molar refractivity (Wildman–Crippen MR) is 142 cm³/mol. The molecule has 2 aliphatic rings. The van der Waals surface area contributed by atoms with Crippen molar-refractivity contribution < 1.29 is 23.5 Å². The number of anilines is 1. The summed E-state index contributed by atoms with van der Waals surface area (Å²) in [5.74, 6) is -0.238. The number of amides is 2. The van der Waals surface area contributed by atoms with Crippen molar-refractivity contribution in [3.8, 4) is 16.9 Å². The summed E-state index contributed by atoms with van der Waals surface area (Å²) < 4.78 is 26.2. The summed E-state index contributed by atoms with van der Waals surface area (Å²) >= 11 is 6.50. The molecule has 1 aromatic heterocycles. The first kappa shape index (κ1) is 25.7. The van der Waals surface area contributed by atoms with E-state index >= 15 is 0 Å². The van der Waals surface area contributed by atoms with Gasteiger partial charge in [0.05, 0.1) is 30.3 Å². The van der Waals surface area contributed by atoms with Crippen molar-refractivity contribution in [3.05, 3.63) is 82.3 Å². The van der Waals surface area contributed by atoms with Gasteiger partial charge < -0.3 is 25.4 Å². The van der Waals surface area contributed by atoms with Gasteiger partial charge in [0.1, 0.15) is 23.5 Å². The van der Waals surface area contributed by atoms with Gasteiger partial charge in [0.15, 0.2) is 0 Å². The molecule has 8 nitrogen and oxygen atoms in total. The fourth-order valence-corrected chi connectivity index (χ4v) is 4.72. The normalized spacial score (nSPS) is 16.8. The standard InChI is InChI=1S/C28H26ClFN4O4/c29-23-13-19(18-3-4-22(24(30)14-18)28(36)34-7-9-37-10-8-34)11-20-12-21(38-27(20)23)16-33-26(35)6-2-17-1-5-25(31)32-15-17/h1-6,11,13-15,21H,7-10,12,16H2,(H2,31,32)(H,33,35). The molecule has 1 atom stereocenters. The number of benzene rings is 2. The number of fused-ring (bicyclic) bond motifs is 1. The zero-order valence-corrected chi connectivity index (χ0v) is 21.2. The van der Waals surface area contributed by atoms with E-state index in [-0.39, 0.29) is 30.0 Å². The van der Waals surface area contributed by atoms with E-state index in [0.29, 0.717) is 60.4 Å². The Balaban J connectivity index is 1.22. The van der Waals surface area contributed by atoms with Crippen LogP contribution < -0.4 is 15.8 Å². The van der Waals surface area contributed by atoms with Crippen molar-refractivity contribution in [2.45, 2.75) is 12.5 Å². The van der Waals surface area contributed by atoms with E-state index in [9.17, 15) is 14.0 Å². The minimum absolute atomic E-state index is 0.0313. The van der Waals surface area contributed by atoms with Crippen LogP contribution in [-0.2, 0) is 16.0 Å². The molecule has 0 aliphatic carbocycles. The summed E-state index contributed by atoms with van der Waals surface area (Å²) in [6.07, 6.45) is 4.89. The minimum atomic E-state index is -0.588. The summed E-state index contributed by atoms with van der Waals surface area (Å²) in [7, 11) is 0. The van der Waals surface area contributed by atoms with E-state index in [2.05, 4.69) is 10.3 Å². The van der Waals surface area contributed by atoms with Crippen LogP contribution in [0.2, 0.25) is 5.02 Å². The van der Waals surface area contributed by atoms with E-state index in [1.807, 2.05) is 6.07 Å². The molecule has 2 aliphatic heterocycles. The van der Waals surface area contributed by atoms with Crippen molar-refractivity contribution >= 4 is 35.3 Å². The third-order valence-electron chi connectivity index (χ3n) is 6.42. The highest BCUT2D eigenvalue weighted by molar-refractivity contribution is 6.32. The highest BCUT2D eigenvalue weighted by atomic mass is 35.5. The van der Waals surface area contributed by atoms with Gasteiger partial charge in [-0.25, -0.2) is 9.37 Å². The van der Waals surface area contributed by atoms with Crippen LogP contribution in [0, 0.1) is 5.82 Å². The molecule has 3 heterocycles. The number of hydrogen-bond donors (Lipinski definition) is 2. The van der Waals surface area contributed by atoms with Crippen LogP contribution in [0.3, 0.4) is 0 Å². The second-order valence-corrected chi connectivity index (χ2v) is 9.49. The molecule has 0 radical (unpaired) electrons. The Hall–Kier alpha value is -3.95. The minimum Gasteiger partial charge on any atom is -0.486 e. The van der Waals surface area contributed by atoms with Gasteiger partial charge in [0, 0.05) is 37.3 Å². The van der Waals surface area contributed by atoms with E-state index in [0.717, 1.165) is 11.1 Å². The topological polar surface area (TPSA) is 107 Å². The SMILES string of the molecule is Nc1ccc(C=CC(=O)NCC2Cc3cc(-c4ccc(C(=O)N5CCOCC5)c(F)c4)cc(Cl)c3O2)cn1. The Kier molecular flexibility index (Phi) is 7.57. The molecular formula is C28H26ClFN4O4. The van der Waals surface area contributed by atoms with E-state index < -0.39 is 5.82 Å². The number of hydrogen-bond acceptors (Lipinski definition) is 6. The molecule has 38 heavy (non-hydrogen) atoms. The highest BCUT2D eigenvalue weighted by Gasteiger charge is 2.27. The van der Waals surface area contributed by atoms with Gasteiger partial charge in [-0.3, -0.25) is 9.59 Å². The van der Waals surface area contributed by atoms with Crippen LogP contribution >= 0.6 is 11.6 Å². The average Bonchev–Trinajstić information content (AvgIpc) is 3.35. The summed E-state index contributed by atoms with van der Waals surface area (Å²) in [5, 5.41) is 3.22. The van der Waals surface area contributed by atoms with Crippen LogP contribution in [0.4, 0.5) is 10.2 Å². The Bertz CT molecular complexity index is 1390. The number of nitrogens with two attached hydrogens (primary N) is 1. The second kappa shape index (κ2) is 11.2. The van der Waals surface area contributed by atoms with Crippen LogP contribution in [0.15, 0.2) is 54.7 Å². The van der Waals surface area contributed by atoms with Crippen molar-refractivity contribution in [3.63, 3.8) is 0 Å². The number of halogens is 2. The van der Waals surface area contributed by atoms with Gasteiger partial charge >= 0.3 is 0 Å². The van der Waals surface area contributed by atoms with Crippen LogP contribution in [0.1, 0.15) is 21.5 Å². The largest absolute Gasteiger partial charge is 0.486 e. The van der Waals surface area contributed by atoms with Crippen LogP contribution in [0.25, 0.3) is 17.2 Å². The number of carbonyl (C=O) groups is 2. The average molecular weight is 537 g/mol. The summed E-state index contributed by atoms with van der Waals surface area (Å²) in [6.45, 7) is 2.07. The number of aromatic nitrogens is 1. The fourth-order valence-electron chi connectivity index (χ4n) is 4.43. The van der Waals surface area contributed by atoms with Crippen molar-refractivity contribution in [2.24, 2.45) is 0 Å². The summed E-state index contributed by atoms with van der Waals surface area (Å²) in [5.41, 5.74) is 8.54. The van der Waals surface area contributed by atoms with E-state index in [4.69, 9.17) is 26.8 Å². The van der Waals surface area contributed by atoms with E-state index in [1.54, 1.807) is 41.4 Å². The zero-order chi connectivity index (χ0) is 26.6. The number of nitrogens with zero attached hydrogens (tertiary/aromatic N) is 2. The zero-order valence-electron chi connectivity index (χ0n) is 20.5. The van der Waals surface area contributed by atoms with Gasteiger partial charge in [-0.1, -0.05) is 17.7 Å². The molecule has 1 saturated heterocycles. The monoisotopic (exact) mass is 536 g/mol. The number of carbonyl (C=O) groups excluding carboxylic acids is 2. The maximum Gasteiger partial charge on any atom is 0.256 e. The molecule has 3 aromatic rings.